The quantitative estimate of drug-likeness (QED) is 0.861. The largest absolute Gasteiger partial charge is 0.505 e. The Bertz CT molecular complexity index is 460. The average Bonchev–Trinajstić information content (AvgIpc) is 2.36. The van der Waals surface area contributed by atoms with Crippen molar-refractivity contribution in [3.05, 3.63) is 28.5 Å². The second kappa shape index (κ2) is 8.90. The highest BCUT2D eigenvalue weighted by molar-refractivity contribution is 6.30. The molecule has 0 unspecified atom stereocenters. The van der Waals surface area contributed by atoms with Crippen molar-refractivity contribution in [3.63, 3.8) is 0 Å². The molecule has 1 heterocycles. The molecular formula is C12H16Cl3F3N2O. The molecule has 9 heteroatoms. The van der Waals surface area contributed by atoms with Crippen LogP contribution >= 0.6 is 36.4 Å². The van der Waals surface area contributed by atoms with Crippen LogP contribution in [0.5, 0.6) is 5.75 Å². The molecule has 0 radical (unpaired) electrons. The number of nitrogens with zero attached hydrogens (tertiary/aromatic N) is 1. The van der Waals surface area contributed by atoms with E-state index in [1.54, 1.807) is 0 Å². The van der Waals surface area contributed by atoms with E-state index in [2.05, 4.69) is 5.32 Å². The second-order valence-electron chi connectivity index (χ2n) is 4.39. The number of nitrogens with one attached hydrogen (secondary N) is 1. The number of phenols is 1. The monoisotopic (exact) mass is 366 g/mol. The van der Waals surface area contributed by atoms with E-state index in [9.17, 15) is 18.3 Å². The Morgan fingerprint density at radius 2 is 1.76 bits per heavy atom. The van der Waals surface area contributed by atoms with Crippen LogP contribution in [-0.2, 0) is 0 Å². The van der Waals surface area contributed by atoms with Crippen molar-refractivity contribution in [2.24, 2.45) is 0 Å². The number of piperazine rings is 1. The van der Waals surface area contributed by atoms with E-state index in [4.69, 9.17) is 11.6 Å². The SMILES string of the molecule is Cl.Cl.Oc1c(F)cc(Cl)cc1[C@@H](C(F)F)N1CCNCC1. The molecule has 0 spiro atoms. The lowest BCUT2D eigenvalue weighted by molar-refractivity contribution is 0.0168. The fourth-order valence-corrected chi connectivity index (χ4v) is 2.48. The molecule has 0 aliphatic carbocycles. The van der Waals surface area contributed by atoms with Gasteiger partial charge in [-0.25, -0.2) is 13.2 Å². The third kappa shape index (κ3) is 4.79. The number of phenolic OH excluding ortho intramolecular Hbond substituents is 1. The zero-order chi connectivity index (χ0) is 14.0. The number of benzene rings is 1. The Morgan fingerprint density at radius 3 is 2.29 bits per heavy atom. The first-order valence-corrected chi connectivity index (χ1v) is 6.29. The average molecular weight is 368 g/mol. The van der Waals surface area contributed by atoms with E-state index in [1.165, 1.54) is 11.0 Å². The van der Waals surface area contributed by atoms with E-state index in [-0.39, 0.29) is 35.4 Å². The van der Waals surface area contributed by atoms with Crippen LogP contribution in [0.25, 0.3) is 0 Å². The van der Waals surface area contributed by atoms with Gasteiger partial charge in [0.05, 0.1) is 0 Å². The van der Waals surface area contributed by atoms with E-state index < -0.39 is 24.0 Å². The van der Waals surface area contributed by atoms with Crippen LogP contribution in [0, 0.1) is 5.82 Å². The van der Waals surface area contributed by atoms with Gasteiger partial charge < -0.3 is 10.4 Å². The predicted molar refractivity (Wildman–Crippen MR) is 80.8 cm³/mol. The molecule has 1 aliphatic rings. The number of alkyl halides is 2. The summed E-state index contributed by atoms with van der Waals surface area (Å²) in [5.41, 5.74) is -0.165. The molecule has 1 atom stereocenters. The van der Waals surface area contributed by atoms with E-state index >= 15 is 0 Å². The van der Waals surface area contributed by atoms with Gasteiger partial charge in [-0.3, -0.25) is 4.90 Å². The molecule has 2 N–H and O–H groups in total. The van der Waals surface area contributed by atoms with Gasteiger partial charge in [0.2, 0.25) is 0 Å². The minimum absolute atomic E-state index is 0. The summed E-state index contributed by atoms with van der Waals surface area (Å²) in [6, 6.07) is 0.745. The zero-order valence-corrected chi connectivity index (χ0v) is 13.2. The molecule has 1 aromatic carbocycles. The van der Waals surface area contributed by atoms with Crippen LogP contribution in [0.1, 0.15) is 11.6 Å². The summed E-state index contributed by atoms with van der Waals surface area (Å²) in [5, 5.41) is 12.7. The van der Waals surface area contributed by atoms with Crippen molar-refractivity contribution >= 4 is 36.4 Å². The van der Waals surface area contributed by atoms with Crippen molar-refractivity contribution in [2.75, 3.05) is 26.2 Å². The first-order valence-electron chi connectivity index (χ1n) is 5.91. The lowest BCUT2D eigenvalue weighted by Crippen LogP contribution is -2.46. The fourth-order valence-electron chi connectivity index (χ4n) is 2.26. The Kier molecular flexibility index (Phi) is 8.73. The summed E-state index contributed by atoms with van der Waals surface area (Å²) in [4.78, 5) is 1.52. The maximum atomic E-state index is 13.4. The van der Waals surface area contributed by atoms with E-state index in [0.29, 0.717) is 26.2 Å². The number of aromatic hydroxyl groups is 1. The minimum atomic E-state index is -2.73. The number of rotatable bonds is 3. The number of halogens is 6. The number of hydrogen-bond acceptors (Lipinski definition) is 3. The molecule has 1 saturated heterocycles. The third-order valence-corrected chi connectivity index (χ3v) is 3.38. The summed E-state index contributed by atoms with van der Waals surface area (Å²) >= 11 is 5.68. The standard InChI is InChI=1S/C12H14ClF3N2O.2ClH/c13-7-5-8(11(19)9(14)6-7)10(12(15)16)18-3-1-17-2-4-18;;/h5-6,10,12,17,19H,1-4H2;2*1H/t10-;;/m0../s1. The van der Waals surface area contributed by atoms with Gasteiger partial charge in [-0.05, 0) is 12.1 Å². The first kappa shape index (κ1) is 20.6. The van der Waals surface area contributed by atoms with Crippen molar-refractivity contribution in [3.8, 4) is 5.75 Å². The fraction of sp³-hybridized carbons (Fsp3) is 0.500. The third-order valence-electron chi connectivity index (χ3n) is 3.16. The molecule has 1 aliphatic heterocycles. The van der Waals surface area contributed by atoms with Crippen LogP contribution in [0.2, 0.25) is 5.02 Å². The molecule has 0 saturated carbocycles. The van der Waals surface area contributed by atoms with Crippen LogP contribution in [0.4, 0.5) is 13.2 Å². The van der Waals surface area contributed by atoms with Crippen molar-refractivity contribution < 1.29 is 18.3 Å². The lowest BCUT2D eigenvalue weighted by Gasteiger charge is -2.34. The van der Waals surface area contributed by atoms with E-state index in [0.717, 1.165) is 6.07 Å². The Hall–Kier alpha value is -0.400. The van der Waals surface area contributed by atoms with Gasteiger partial charge in [-0.2, -0.15) is 0 Å². The number of hydrogen-bond donors (Lipinski definition) is 2. The van der Waals surface area contributed by atoms with Gasteiger partial charge in [0.15, 0.2) is 11.6 Å². The van der Waals surface area contributed by atoms with Gasteiger partial charge in [0.1, 0.15) is 6.04 Å². The van der Waals surface area contributed by atoms with Gasteiger partial charge in [-0.15, -0.1) is 24.8 Å². The van der Waals surface area contributed by atoms with Gasteiger partial charge in [0, 0.05) is 36.8 Å². The van der Waals surface area contributed by atoms with Crippen LogP contribution < -0.4 is 5.32 Å². The molecule has 1 aromatic rings. The van der Waals surface area contributed by atoms with E-state index in [1.807, 2.05) is 0 Å². The topological polar surface area (TPSA) is 35.5 Å². The van der Waals surface area contributed by atoms with Crippen LogP contribution in [0.3, 0.4) is 0 Å². The van der Waals surface area contributed by atoms with Crippen molar-refractivity contribution in [1.82, 2.24) is 10.2 Å². The summed E-state index contributed by atoms with van der Waals surface area (Å²) < 4.78 is 40.0. The van der Waals surface area contributed by atoms with Gasteiger partial charge in [-0.1, -0.05) is 11.6 Å². The van der Waals surface area contributed by atoms with Crippen molar-refractivity contribution in [2.45, 2.75) is 12.5 Å². The minimum Gasteiger partial charge on any atom is -0.505 e. The molecular weight excluding hydrogens is 351 g/mol. The molecule has 0 amide bonds. The highest BCUT2D eigenvalue weighted by Gasteiger charge is 2.33. The molecule has 122 valence electrons. The molecule has 21 heavy (non-hydrogen) atoms. The van der Waals surface area contributed by atoms with Crippen LogP contribution in [-0.4, -0.2) is 42.6 Å². The molecule has 3 nitrogen and oxygen atoms in total. The highest BCUT2D eigenvalue weighted by Crippen LogP contribution is 2.37. The molecule has 2 rings (SSSR count). The normalized spacial score (nSPS) is 17.0. The molecule has 0 aromatic heterocycles. The van der Waals surface area contributed by atoms with Gasteiger partial charge in [0.25, 0.3) is 6.43 Å². The maximum absolute atomic E-state index is 13.4. The summed E-state index contributed by atoms with van der Waals surface area (Å²) in [7, 11) is 0. The van der Waals surface area contributed by atoms with Crippen molar-refractivity contribution in [1.29, 1.82) is 0 Å². The van der Waals surface area contributed by atoms with Gasteiger partial charge >= 0.3 is 0 Å². The Balaban J connectivity index is 0.00000200. The Labute approximate surface area is 138 Å². The lowest BCUT2D eigenvalue weighted by atomic mass is 10.0. The first-order chi connectivity index (χ1) is 9.00. The maximum Gasteiger partial charge on any atom is 0.258 e. The van der Waals surface area contributed by atoms with Crippen LogP contribution in [0.15, 0.2) is 12.1 Å². The molecule has 1 fully saturated rings. The predicted octanol–water partition coefficient (Wildman–Crippen LogP) is 3.24. The second-order valence-corrected chi connectivity index (χ2v) is 4.83. The Morgan fingerprint density at radius 1 is 1.19 bits per heavy atom. The molecule has 0 bridgehead atoms. The smallest absolute Gasteiger partial charge is 0.258 e. The summed E-state index contributed by atoms with van der Waals surface area (Å²) in [6.07, 6.45) is -2.73. The summed E-state index contributed by atoms with van der Waals surface area (Å²) in [5.74, 6) is -1.74. The zero-order valence-electron chi connectivity index (χ0n) is 10.9. The highest BCUT2D eigenvalue weighted by atomic mass is 35.5. The summed E-state index contributed by atoms with van der Waals surface area (Å²) in [6.45, 7) is 1.96.